The van der Waals surface area contributed by atoms with Gasteiger partial charge in [-0.05, 0) is 30.5 Å². The predicted octanol–water partition coefficient (Wildman–Crippen LogP) is 3.64. The monoisotopic (exact) mass is 268 g/mol. The van der Waals surface area contributed by atoms with Crippen molar-refractivity contribution >= 4 is 0 Å². The van der Waals surface area contributed by atoms with E-state index in [0.29, 0.717) is 5.92 Å². The number of hydrogen-bond donors (Lipinski definition) is 1. The zero-order valence-electron chi connectivity index (χ0n) is 11.8. The van der Waals surface area contributed by atoms with Gasteiger partial charge in [0.15, 0.2) is 0 Å². The summed E-state index contributed by atoms with van der Waals surface area (Å²) in [5.41, 5.74) is 3.78. The van der Waals surface area contributed by atoms with E-state index in [2.05, 4.69) is 31.2 Å². The van der Waals surface area contributed by atoms with Gasteiger partial charge in [0.2, 0.25) is 0 Å². The molecule has 2 aromatic carbocycles. The number of aliphatic hydroxyl groups excluding tert-OH is 1. The standard InChI is InChI=1S/C18H20O2/c1-13-6-2-3-7-16(13)14(11-19)10-15-12-20-18-9-5-4-8-17(15)18/h2-9,14-15,19H,10-12H2,1H3. The topological polar surface area (TPSA) is 29.5 Å². The van der Waals surface area contributed by atoms with Crippen LogP contribution in [0.5, 0.6) is 5.75 Å². The van der Waals surface area contributed by atoms with E-state index >= 15 is 0 Å². The van der Waals surface area contributed by atoms with Crippen LogP contribution in [-0.2, 0) is 0 Å². The molecule has 1 aliphatic rings. The van der Waals surface area contributed by atoms with Gasteiger partial charge in [-0.15, -0.1) is 0 Å². The van der Waals surface area contributed by atoms with Crippen LogP contribution in [0.25, 0.3) is 0 Å². The second kappa shape index (κ2) is 5.68. The van der Waals surface area contributed by atoms with Crippen molar-refractivity contribution in [3.05, 3.63) is 65.2 Å². The molecular formula is C18H20O2. The Kier molecular flexibility index (Phi) is 3.75. The maximum Gasteiger partial charge on any atom is 0.122 e. The third kappa shape index (κ3) is 2.44. The van der Waals surface area contributed by atoms with E-state index in [1.54, 1.807) is 0 Å². The molecule has 20 heavy (non-hydrogen) atoms. The summed E-state index contributed by atoms with van der Waals surface area (Å²) in [6, 6.07) is 16.5. The van der Waals surface area contributed by atoms with Crippen LogP contribution in [0.2, 0.25) is 0 Å². The lowest BCUT2D eigenvalue weighted by Gasteiger charge is -2.20. The fourth-order valence-electron chi connectivity index (χ4n) is 3.11. The molecule has 0 saturated heterocycles. The van der Waals surface area contributed by atoms with Gasteiger partial charge in [0.05, 0.1) is 6.61 Å². The average molecular weight is 268 g/mol. The predicted molar refractivity (Wildman–Crippen MR) is 80.3 cm³/mol. The number of aryl methyl sites for hydroxylation is 1. The van der Waals surface area contributed by atoms with Crippen LogP contribution in [0.3, 0.4) is 0 Å². The molecule has 0 aliphatic carbocycles. The molecule has 0 saturated carbocycles. The molecule has 1 heterocycles. The fourth-order valence-corrected chi connectivity index (χ4v) is 3.11. The molecule has 0 bridgehead atoms. The van der Waals surface area contributed by atoms with Crippen LogP contribution in [0, 0.1) is 6.92 Å². The van der Waals surface area contributed by atoms with Gasteiger partial charge in [0, 0.05) is 24.0 Å². The summed E-state index contributed by atoms with van der Waals surface area (Å²) >= 11 is 0. The molecule has 2 nitrogen and oxygen atoms in total. The summed E-state index contributed by atoms with van der Waals surface area (Å²) < 4.78 is 5.74. The van der Waals surface area contributed by atoms with Crippen molar-refractivity contribution < 1.29 is 9.84 Å². The molecule has 0 amide bonds. The lowest BCUT2D eigenvalue weighted by molar-refractivity contribution is 0.243. The van der Waals surface area contributed by atoms with Crippen molar-refractivity contribution in [3.63, 3.8) is 0 Å². The lowest BCUT2D eigenvalue weighted by atomic mass is 9.85. The highest BCUT2D eigenvalue weighted by Crippen LogP contribution is 2.39. The Morgan fingerprint density at radius 2 is 1.90 bits per heavy atom. The first-order valence-electron chi connectivity index (χ1n) is 7.17. The Balaban J connectivity index is 1.82. The van der Waals surface area contributed by atoms with Gasteiger partial charge in [0.1, 0.15) is 5.75 Å². The largest absolute Gasteiger partial charge is 0.493 e. The van der Waals surface area contributed by atoms with Crippen molar-refractivity contribution in [2.75, 3.05) is 13.2 Å². The van der Waals surface area contributed by atoms with Crippen LogP contribution in [-0.4, -0.2) is 18.3 Å². The molecule has 0 fully saturated rings. The summed E-state index contributed by atoms with van der Waals surface area (Å²) in [6.07, 6.45) is 0.929. The fraction of sp³-hybridized carbons (Fsp3) is 0.333. The highest BCUT2D eigenvalue weighted by atomic mass is 16.5. The van der Waals surface area contributed by atoms with E-state index in [0.717, 1.165) is 18.8 Å². The maximum atomic E-state index is 9.77. The molecule has 2 heteroatoms. The number of aliphatic hydroxyl groups is 1. The van der Waals surface area contributed by atoms with Gasteiger partial charge in [-0.3, -0.25) is 0 Å². The third-order valence-electron chi connectivity index (χ3n) is 4.22. The van der Waals surface area contributed by atoms with E-state index in [1.807, 2.05) is 24.3 Å². The van der Waals surface area contributed by atoms with Crippen LogP contribution in [0.4, 0.5) is 0 Å². The molecule has 1 N–H and O–H groups in total. The quantitative estimate of drug-likeness (QED) is 0.917. The number of benzene rings is 2. The molecule has 3 rings (SSSR count). The van der Waals surface area contributed by atoms with E-state index in [-0.39, 0.29) is 12.5 Å². The Labute approximate surface area is 120 Å². The van der Waals surface area contributed by atoms with Gasteiger partial charge in [-0.1, -0.05) is 42.5 Å². The number of hydrogen-bond acceptors (Lipinski definition) is 2. The summed E-state index contributed by atoms with van der Waals surface area (Å²) in [6.45, 7) is 3.02. The van der Waals surface area contributed by atoms with Gasteiger partial charge in [-0.2, -0.15) is 0 Å². The van der Waals surface area contributed by atoms with Crippen molar-refractivity contribution in [1.29, 1.82) is 0 Å². The van der Waals surface area contributed by atoms with E-state index in [1.165, 1.54) is 16.7 Å². The van der Waals surface area contributed by atoms with Gasteiger partial charge >= 0.3 is 0 Å². The first-order chi connectivity index (χ1) is 9.79. The summed E-state index contributed by atoms with van der Waals surface area (Å²) in [4.78, 5) is 0. The van der Waals surface area contributed by atoms with Crippen LogP contribution in [0.1, 0.15) is 34.9 Å². The maximum absolute atomic E-state index is 9.77. The van der Waals surface area contributed by atoms with E-state index < -0.39 is 0 Å². The zero-order chi connectivity index (χ0) is 13.9. The van der Waals surface area contributed by atoms with E-state index in [9.17, 15) is 5.11 Å². The molecule has 2 aromatic rings. The molecular weight excluding hydrogens is 248 g/mol. The van der Waals surface area contributed by atoms with E-state index in [4.69, 9.17) is 4.74 Å². The molecule has 1 aliphatic heterocycles. The minimum atomic E-state index is 0.177. The zero-order valence-corrected chi connectivity index (χ0v) is 11.8. The molecule has 104 valence electrons. The summed E-state index contributed by atoms with van der Waals surface area (Å²) in [5, 5.41) is 9.77. The molecule has 2 atom stereocenters. The minimum Gasteiger partial charge on any atom is -0.493 e. The first-order valence-corrected chi connectivity index (χ1v) is 7.17. The second-order valence-corrected chi connectivity index (χ2v) is 5.52. The Hall–Kier alpha value is -1.80. The lowest BCUT2D eigenvalue weighted by Crippen LogP contribution is -2.12. The SMILES string of the molecule is Cc1ccccc1C(CO)CC1COc2ccccc21. The second-order valence-electron chi connectivity index (χ2n) is 5.52. The highest BCUT2D eigenvalue weighted by molar-refractivity contribution is 5.40. The van der Waals surface area contributed by atoms with Crippen molar-refractivity contribution in [3.8, 4) is 5.75 Å². The number of ether oxygens (including phenoxy) is 1. The molecule has 0 radical (unpaired) electrons. The first kappa shape index (κ1) is 13.2. The average Bonchev–Trinajstić information content (AvgIpc) is 2.89. The van der Waals surface area contributed by atoms with Gasteiger partial charge < -0.3 is 9.84 Å². The number of fused-ring (bicyclic) bond motifs is 1. The van der Waals surface area contributed by atoms with Crippen molar-refractivity contribution in [1.82, 2.24) is 0 Å². The smallest absolute Gasteiger partial charge is 0.122 e. The Morgan fingerprint density at radius 1 is 1.15 bits per heavy atom. The van der Waals surface area contributed by atoms with Gasteiger partial charge in [0.25, 0.3) is 0 Å². The van der Waals surface area contributed by atoms with Gasteiger partial charge in [-0.25, -0.2) is 0 Å². The molecule has 0 aromatic heterocycles. The van der Waals surface area contributed by atoms with Crippen LogP contribution >= 0.6 is 0 Å². The number of para-hydroxylation sites is 1. The van der Waals surface area contributed by atoms with Crippen LogP contribution in [0.15, 0.2) is 48.5 Å². The van der Waals surface area contributed by atoms with Crippen molar-refractivity contribution in [2.45, 2.75) is 25.2 Å². The minimum absolute atomic E-state index is 0.177. The highest BCUT2D eigenvalue weighted by Gasteiger charge is 2.27. The Bertz CT molecular complexity index is 591. The molecule has 2 unspecified atom stereocenters. The third-order valence-corrected chi connectivity index (χ3v) is 4.22. The Morgan fingerprint density at radius 3 is 2.70 bits per heavy atom. The number of rotatable bonds is 4. The summed E-state index contributed by atoms with van der Waals surface area (Å²) in [7, 11) is 0. The van der Waals surface area contributed by atoms with Crippen LogP contribution < -0.4 is 4.74 Å². The van der Waals surface area contributed by atoms with Crippen molar-refractivity contribution in [2.24, 2.45) is 0 Å². The summed E-state index contributed by atoms with van der Waals surface area (Å²) in [5.74, 6) is 1.55. The normalized spacial score (nSPS) is 18.4. The molecule has 0 spiro atoms.